The molecule has 5 rings (SSSR count). The second kappa shape index (κ2) is 7.99. The molecular weight excluding hydrogens is 398 g/mol. The fourth-order valence-corrected chi connectivity index (χ4v) is 4.99. The number of hydrogen-bond donors (Lipinski definition) is 0. The van der Waals surface area contributed by atoms with Crippen molar-refractivity contribution in [3.63, 3.8) is 0 Å². The number of halogens is 1. The van der Waals surface area contributed by atoms with E-state index in [1.54, 1.807) is 0 Å². The molecule has 0 aliphatic carbocycles. The molecule has 6 nitrogen and oxygen atoms in total. The van der Waals surface area contributed by atoms with Crippen LogP contribution in [0.15, 0.2) is 24.3 Å². The summed E-state index contributed by atoms with van der Waals surface area (Å²) < 4.78 is 2.32. The maximum absolute atomic E-state index is 13.4. The highest BCUT2D eigenvalue weighted by molar-refractivity contribution is 6.31. The van der Waals surface area contributed by atoms with Crippen molar-refractivity contribution in [1.29, 1.82) is 0 Å². The van der Waals surface area contributed by atoms with Crippen LogP contribution in [-0.4, -0.2) is 43.6 Å². The van der Waals surface area contributed by atoms with Crippen molar-refractivity contribution in [3.05, 3.63) is 52.2 Å². The Kier molecular flexibility index (Phi) is 5.19. The molecule has 0 radical (unpaired) electrons. The second-order valence-electron chi connectivity index (χ2n) is 8.49. The minimum atomic E-state index is 0.0437. The van der Waals surface area contributed by atoms with Crippen LogP contribution in [0.4, 0.5) is 0 Å². The van der Waals surface area contributed by atoms with E-state index in [2.05, 4.69) is 19.7 Å². The first-order valence-corrected chi connectivity index (χ1v) is 11.3. The summed E-state index contributed by atoms with van der Waals surface area (Å²) >= 11 is 6.15. The predicted octanol–water partition coefficient (Wildman–Crippen LogP) is 4.53. The van der Waals surface area contributed by atoms with Crippen LogP contribution in [0.2, 0.25) is 5.02 Å². The third-order valence-electron chi connectivity index (χ3n) is 6.41. The van der Waals surface area contributed by atoms with Crippen LogP contribution < -0.4 is 0 Å². The van der Waals surface area contributed by atoms with E-state index in [9.17, 15) is 4.79 Å². The largest absolute Gasteiger partial charge is 0.338 e. The number of aryl methyl sites for hydroxylation is 2. The lowest BCUT2D eigenvalue weighted by Gasteiger charge is -2.33. The standard InChI is InChI=1S/C23H26ClN5O/c1-15-19(13-17-12-18(24)8-9-20(17)25-15)23(30)28-10-5-6-16(14-28)22-27-26-21-7-3-2-4-11-29(21)22/h8-9,12-13,16H,2-7,10-11,14H2,1H3. The average molecular weight is 424 g/mol. The minimum absolute atomic E-state index is 0.0437. The predicted molar refractivity (Wildman–Crippen MR) is 117 cm³/mol. The molecule has 0 N–H and O–H groups in total. The number of piperidine rings is 1. The van der Waals surface area contributed by atoms with Gasteiger partial charge in [0.25, 0.3) is 5.91 Å². The number of pyridine rings is 1. The van der Waals surface area contributed by atoms with E-state index in [0.717, 1.165) is 60.6 Å². The first-order valence-electron chi connectivity index (χ1n) is 10.9. The van der Waals surface area contributed by atoms with Gasteiger partial charge < -0.3 is 9.47 Å². The third-order valence-corrected chi connectivity index (χ3v) is 6.64. The Morgan fingerprint density at radius 1 is 1.10 bits per heavy atom. The minimum Gasteiger partial charge on any atom is -0.338 e. The zero-order valence-corrected chi connectivity index (χ0v) is 18.0. The Hall–Kier alpha value is -2.47. The van der Waals surface area contributed by atoms with Crippen LogP contribution in [0.5, 0.6) is 0 Å². The van der Waals surface area contributed by atoms with Gasteiger partial charge in [-0.05, 0) is 56.9 Å². The van der Waals surface area contributed by atoms with E-state index in [1.165, 1.54) is 19.3 Å². The van der Waals surface area contributed by atoms with Crippen LogP contribution >= 0.6 is 11.6 Å². The molecule has 0 spiro atoms. The van der Waals surface area contributed by atoms with E-state index >= 15 is 0 Å². The van der Waals surface area contributed by atoms with Crippen LogP contribution in [0.3, 0.4) is 0 Å². The molecule has 0 saturated carbocycles. The van der Waals surface area contributed by atoms with E-state index < -0.39 is 0 Å². The number of fused-ring (bicyclic) bond motifs is 2. The van der Waals surface area contributed by atoms with Gasteiger partial charge in [0.2, 0.25) is 0 Å². The number of likely N-dealkylation sites (tertiary alicyclic amines) is 1. The third kappa shape index (κ3) is 3.58. The Bertz CT molecular complexity index is 1110. The summed E-state index contributed by atoms with van der Waals surface area (Å²) in [6, 6.07) is 7.52. The smallest absolute Gasteiger partial charge is 0.255 e. The van der Waals surface area contributed by atoms with E-state index in [4.69, 9.17) is 11.6 Å². The lowest BCUT2D eigenvalue weighted by molar-refractivity contribution is 0.0702. The zero-order valence-electron chi connectivity index (χ0n) is 17.3. The van der Waals surface area contributed by atoms with Gasteiger partial charge in [-0.1, -0.05) is 18.0 Å². The summed E-state index contributed by atoms with van der Waals surface area (Å²) in [5.41, 5.74) is 2.27. The Morgan fingerprint density at radius 2 is 2.00 bits per heavy atom. The lowest BCUT2D eigenvalue weighted by Crippen LogP contribution is -2.40. The lowest BCUT2D eigenvalue weighted by atomic mass is 9.96. The number of hydrogen-bond acceptors (Lipinski definition) is 4. The fourth-order valence-electron chi connectivity index (χ4n) is 4.81. The van der Waals surface area contributed by atoms with Crippen molar-refractivity contribution in [1.82, 2.24) is 24.6 Å². The summed E-state index contributed by atoms with van der Waals surface area (Å²) in [5, 5.41) is 10.6. The van der Waals surface area contributed by atoms with Crippen molar-refractivity contribution < 1.29 is 4.79 Å². The highest BCUT2D eigenvalue weighted by Crippen LogP contribution is 2.29. The van der Waals surface area contributed by atoms with Gasteiger partial charge in [0.05, 0.1) is 16.8 Å². The molecule has 1 fully saturated rings. The van der Waals surface area contributed by atoms with Crippen LogP contribution in [-0.2, 0) is 13.0 Å². The van der Waals surface area contributed by atoms with Crippen molar-refractivity contribution >= 4 is 28.4 Å². The molecule has 3 aromatic rings. The van der Waals surface area contributed by atoms with Crippen molar-refractivity contribution in [2.45, 2.75) is 57.9 Å². The van der Waals surface area contributed by atoms with Crippen LogP contribution in [0.1, 0.15) is 65.7 Å². The van der Waals surface area contributed by atoms with Crippen molar-refractivity contribution in [2.75, 3.05) is 13.1 Å². The number of aromatic nitrogens is 4. The van der Waals surface area contributed by atoms with E-state index in [1.807, 2.05) is 36.1 Å². The Balaban J connectivity index is 1.41. The van der Waals surface area contributed by atoms with Gasteiger partial charge in [-0.15, -0.1) is 10.2 Å². The molecule has 2 aliphatic heterocycles. The highest BCUT2D eigenvalue weighted by Gasteiger charge is 2.30. The highest BCUT2D eigenvalue weighted by atomic mass is 35.5. The van der Waals surface area contributed by atoms with Gasteiger partial charge >= 0.3 is 0 Å². The second-order valence-corrected chi connectivity index (χ2v) is 8.92. The maximum atomic E-state index is 13.4. The molecular formula is C23H26ClN5O. The number of carbonyl (C=O) groups excluding carboxylic acids is 1. The van der Waals surface area contributed by atoms with Crippen LogP contribution in [0, 0.1) is 6.92 Å². The molecule has 1 aromatic carbocycles. The molecule has 0 bridgehead atoms. The molecule has 30 heavy (non-hydrogen) atoms. The van der Waals surface area contributed by atoms with Gasteiger partial charge in [-0.25, -0.2) is 0 Å². The quantitative estimate of drug-likeness (QED) is 0.607. The van der Waals surface area contributed by atoms with Gasteiger partial charge in [0.1, 0.15) is 11.6 Å². The topological polar surface area (TPSA) is 63.9 Å². The molecule has 1 saturated heterocycles. The van der Waals surface area contributed by atoms with Gasteiger partial charge in [-0.3, -0.25) is 9.78 Å². The van der Waals surface area contributed by atoms with Crippen molar-refractivity contribution in [3.8, 4) is 0 Å². The SMILES string of the molecule is Cc1nc2ccc(Cl)cc2cc1C(=O)N1CCCC(c2nnc3n2CCCCC3)C1. The Labute approximate surface area is 181 Å². The molecule has 2 aromatic heterocycles. The number of benzene rings is 1. The van der Waals surface area contributed by atoms with Gasteiger partial charge in [0.15, 0.2) is 0 Å². The van der Waals surface area contributed by atoms with E-state index in [0.29, 0.717) is 17.1 Å². The zero-order chi connectivity index (χ0) is 20.7. The Morgan fingerprint density at radius 3 is 2.90 bits per heavy atom. The van der Waals surface area contributed by atoms with Crippen LogP contribution in [0.25, 0.3) is 10.9 Å². The summed E-state index contributed by atoms with van der Waals surface area (Å²) in [7, 11) is 0. The fraction of sp³-hybridized carbons (Fsp3) is 0.478. The maximum Gasteiger partial charge on any atom is 0.255 e. The summed E-state index contributed by atoms with van der Waals surface area (Å²) in [6.45, 7) is 4.35. The van der Waals surface area contributed by atoms with Crippen molar-refractivity contribution in [2.24, 2.45) is 0 Å². The number of nitrogens with zero attached hydrogens (tertiary/aromatic N) is 5. The van der Waals surface area contributed by atoms with E-state index in [-0.39, 0.29) is 11.8 Å². The number of rotatable bonds is 2. The van der Waals surface area contributed by atoms with Gasteiger partial charge in [0, 0.05) is 42.4 Å². The normalized spacial score (nSPS) is 19.5. The monoisotopic (exact) mass is 423 g/mol. The molecule has 7 heteroatoms. The number of carbonyl (C=O) groups is 1. The molecule has 4 heterocycles. The molecule has 156 valence electrons. The molecule has 1 amide bonds. The first kappa shape index (κ1) is 19.5. The molecule has 1 unspecified atom stereocenters. The molecule has 1 atom stereocenters. The number of amides is 1. The summed E-state index contributed by atoms with van der Waals surface area (Å²) in [6.07, 6.45) is 6.64. The first-order chi connectivity index (χ1) is 14.6. The summed E-state index contributed by atoms with van der Waals surface area (Å²) in [5.74, 6) is 2.45. The molecule has 2 aliphatic rings. The summed E-state index contributed by atoms with van der Waals surface area (Å²) in [4.78, 5) is 20.0. The average Bonchev–Trinajstić information content (AvgIpc) is 3.01. The van der Waals surface area contributed by atoms with Gasteiger partial charge in [-0.2, -0.15) is 0 Å².